The molecule has 1 aliphatic carbocycles. The van der Waals surface area contributed by atoms with E-state index in [0.29, 0.717) is 0 Å². The number of fused-ring (bicyclic) bond motifs is 1. The molecule has 0 saturated carbocycles. The van der Waals surface area contributed by atoms with Crippen LogP contribution in [0.4, 0.5) is 0 Å². The first-order valence-corrected chi connectivity index (χ1v) is 6.73. The second-order valence-electron chi connectivity index (χ2n) is 5.23. The van der Waals surface area contributed by atoms with Crippen LogP contribution in [0.2, 0.25) is 0 Å². The minimum atomic E-state index is -0.974. The maximum Gasteiger partial charge on any atom is 0.318 e. The van der Waals surface area contributed by atoms with Gasteiger partial charge in [-0.15, -0.1) is 0 Å². The third-order valence-corrected chi connectivity index (χ3v) is 4.27. The van der Waals surface area contributed by atoms with Crippen molar-refractivity contribution in [1.82, 2.24) is 0 Å². The predicted octanol–water partition coefficient (Wildman–Crippen LogP) is 3.84. The van der Waals surface area contributed by atoms with Gasteiger partial charge in [-0.1, -0.05) is 73.7 Å². The number of carboxylic acids is 1. The molecule has 0 spiro atoms. The number of benzene rings is 2. The summed E-state index contributed by atoms with van der Waals surface area (Å²) >= 11 is 0. The summed E-state index contributed by atoms with van der Waals surface area (Å²) in [6.45, 7) is 1.98. The van der Waals surface area contributed by atoms with Gasteiger partial charge in [0.2, 0.25) is 0 Å². The topological polar surface area (TPSA) is 37.3 Å². The van der Waals surface area contributed by atoms with E-state index in [0.717, 1.165) is 16.7 Å². The molecule has 0 amide bonds. The quantitative estimate of drug-likeness (QED) is 0.914. The summed E-state index contributed by atoms with van der Waals surface area (Å²) in [5.74, 6) is -0.920. The minimum absolute atomic E-state index is 0.124. The Morgan fingerprint density at radius 1 is 1.05 bits per heavy atom. The molecule has 0 heterocycles. The zero-order valence-electron chi connectivity index (χ0n) is 11.3. The molecule has 0 radical (unpaired) electrons. The molecule has 0 fully saturated rings. The molecular formula is C18H16O2. The molecule has 3 rings (SSSR count). The number of hydrogen-bond donors (Lipinski definition) is 1. The van der Waals surface area contributed by atoms with Crippen molar-refractivity contribution in [2.75, 3.05) is 0 Å². The van der Waals surface area contributed by atoms with Crippen LogP contribution in [0, 0.1) is 0 Å². The third-order valence-electron chi connectivity index (χ3n) is 4.27. The smallest absolute Gasteiger partial charge is 0.318 e. The molecule has 2 aromatic rings. The van der Waals surface area contributed by atoms with E-state index in [1.807, 2.05) is 73.7 Å². The normalized spacial score (nSPS) is 21.4. The van der Waals surface area contributed by atoms with Crippen molar-refractivity contribution < 1.29 is 9.90 Å². The number of carbonyl (C=O) groups is 1. The van der Waals surface area contributed by atoms with Crippen molar-refractivity contribution in [2.24, 2.45) is 0 Å². The van der Waals surface area contributed by atoms with Gasteiger partial charge in [-0.25, -0.2) is 0 Å². The van der Waals surface area contributed by atoms with Crippen LogP contribution in [0.15, 0.2) is 60.7 Å². The third kappa shape index (κ3) is 1.68. The molecule has 1 aliphatic rings. The van der Waals surface area contributed by atoms with Crippen LogP contribution < -0.4 is 0 Å². The van der Waals surface area contributed by atoms with E-state index in [-0.39, 0.29) is 5.92 Å². The van der Waals surface area contributed by atoms with Gasteiger partial charge < -0.3 is 5.11 Å². The second-order valence-corrected chi connectivity index (χ2v) is 5.23. The molecule has 0 saturated heterocycles. The lowest BCUT2D eigenvalue weighted by Gasteiger charge is -2.31. The summed E-state index contributed by atoms with van der Waals surface area (Å²) in [5, 5.41) is 9.89. The van der Waals surface area contributed by atoms with Crippen LogP contribution in [0.25, 0.3) is 6.08 Å². The van der Waals surface area contributed by atoms with Crippen LogP contribution >= 0.6 is 0 Å². The molecule has 20 heavy (non-hydrogen) atoms. The van der Waals surface area contributed by atoms with Gasteiger partial charge in [-0.2, -0.15) is 0 Å². The first-order valence-electron chi connectivity index (χ1n) is 6.73. The molecule has 1 N–H and O–H groups in total. The van der Waals surface area contributed by atoms with Gasteiger partial charge in [0.05, 0.1) is 0 Å². The minimum Gasteiger partial charge on any atom is -0.480 e. The van der Waals surface area contributed by atoms with Crippen molar-refractivity contribution in [3.63, 3.8) is 0 Å². The Kier molecular flexibility index (Phi) is 2.94. The molecule has 0 aliphatic heterocycles. The fraction of sp³-hybridized carbons (Fsp3) is 0.167. The van der Waals surface area contributed by atoms with Gasteiger partial charge in [-0.3, -0.25) is 4.79 Å². The molecule has 100 valence electrons. The lowest BCUT2D eigenvalue weighted by molar-refractivity contribution is -0.142. The van der Waals surface area contributed by atoms with Crippen molar-refractivity contribution in [2.45, 2.75) is 18.3 Å². The summed E-state index contributed by atoms with van der Waals surface area (Å²) in [5.41, 5.74) is 1.94. The lowest BCUT2D eigenvalue weighted by Crippen LogP contribution is -2.37. The summed E-state index contributed by atoms with van der Waals surface area (Å²) in [6, 6.07) is 17.6. The van der Waals surface area contributed by atoms with E-state index >= 15 is 0 Å². The van der Waals surface area contributed by atoms with E-state index < -0.39 is 11.4 Å². The molecular weight excluding hydrogens is 248 g/mol. The first kappa shape index (κ1) is 12.7. The van der Waals surface area contributed by atoms with Gasteiger partial charge in [-0.05, 0) is 16.7 Å². The maximum atomic E-state index is 12.0. The highest BCUT2D eigenvalue weighted by molar-refractivity contribution is 5.91. The van der Waals surface area contributed by atoms with Gasteiger partial charge in [0, 0.05) is 5.92 Å². The van der Waals surface area contributed by atoms with Gasteiger partial charge in [0.15, 0.2) is 0 Å². The van der Waals surface area contributed by atoms with Crippen molar-refractivity contribution >= 4 is 12.0 Å². The Hall–Kier alpha value is -2.35. The number of aliphatic carboxylic acids is 1. The average Bonchev–Trinajstić information content (AvgIpc) is 2.88. The van der Waals surface area contributed by atoms with Crippen molar-refractivity contribution in [3.8, 4) is 0 Å². The zero-order valence-corrected chi connectivity index (χ0v) is 11.3. The molecule has 2 aromatic carbocycles. The molecule has 2 unspecified atom stereocenters. The number of carboxylic acid groups (broad SMARTS) is 1. The van der Waals surface area contributed by atoms with Crippen LogP contribution in [0.5, 0.6) is 0 Å². The van der Waals surface area contributed by atoms with Crippen LogP contribution in [-0.2, 0) is 10.2 Å². The van der Waals surface area contributed by atoms with Crippen LogP contribution in [0.1, 0.15) is 29.5 Å². The van der Waals surface area contributed by atoms with Gasteiger partial charge in [0.1, 0.15) is 5.41 Å². The molecule has 0 bridgehead atoms. The Labute approximate surface area is 118 Å². The SMILES string of the molecule is CC(c1ccccc1)C1(C(=O)O)C=Cc2ccccc21. The molecule has 0 aromatic heterocycles. The fourth-order valence-corrected chi connectivity index (χ4v) is 3.08. The summed E-state index contributed by atoms with van der Waals surface area (Å²) in [7, 11) is 0. The molecule has 2 atom stereocenters. The standard InChI is InChI=1S/C18H16O2/c1-13(14-7-3-2-4-8-14)18(17(19)20)12-11-15-9-5-6-10-16(15)18/h2-13H,1H3,(H,19,20). The maximum absolute atomic E-state index is 12.0. The van der Waals surface area contributed by atoms with Gasteiger partial charge in [0.25, 0.3) is 0 Å². The Morgan fingerprint density at radius 3 is 2.40 bits per heavy atom. The summed E-state index contributed by atoms with van der Waals surface area (Å²) < 4.78 is 0. The monoisotopic (exact) mass is 264 g/mol. The Balaban J connectivity index is 2.17. The predicted molar refractivity (Wildman–Crippen MR) is 79.6 cm³/mol. The molecule has 2 nitrogen and oxygen atoms in total. The number of hydrogen-bond acceptors (Lipinski definition) is 1. The average molecular weight is 264 g/mol. The van der Waals surface area contributed by atoms with E-state index in [1.54, 1.807) is 0 Å². The largest absolute Gasteiger partial charge is 0.480 e. The zero-order chi connectivity index (χ0) is 14.2. The van der Waals surface area contributed by atoms with Crippen LogP contribution in [-0.4, -0.2) is 11.1 Å². The lowest BCUT2D eigenvalue weighted by atomic mass is 9.70. The highest BCUT2D eigenvalue weighted by Crippen LogP contribution is 2.46. The number of rotatable bonds is 3. The summed E-state index contributed by atoms with van der Waals surface area (Å²) in [4.78, 5) is 12.0. The molecule has 2 heteroatoms. The van der Waals surface area contributed by atoms with Crippen LogP contribution in [0.3, 0.4) is 0 Å². The van der Waals surface area contributed by atoms with E-state index in [4.69, 9.17) is 0 Å². The highest BCUT2D eigenvalue weighted by Gasteiger charge is 2.47. The van der Waals surface area contributed by atoms with Crippen molar-refractivity contribution in [1.29, 1.82) is 0 Å². The van der Waals surface area contributed by atoms with E-state index in [1.165, 1.54) is 0 Å². The Bertz CT molecular complexity index is 673. The van der Waals surface area contributed by atoms with Gasteiger partial charge >= 0.3 is 5.97 Å². The summed E-state index contributed by atoms with van der Waals surface area (Å²) in [6.07, 6.45) is 3.75. The van der Waals surface area contributed by atoms with E-state index in [9.17, 15) is 9.90 Å². The highest BCUT2D eigenvalue weighted by atomic mass is 16.4. The van der Waals surface area contributed by atoms with E-state index in [2.05, 4.69) is 0 Å². The first-order chi connectivity index (χ1) is 9.66. The fourth-order valence-electron chi connectivity index (χ4n) is 3.08. The Morgan fingerprint density at radius 2 is 1.70 bits per heavy atom. The second kappa shape index (κ2) is 4.64. The van der Waals surface area contributed by atoms with Crippen molar-refractivity contribution in [3.05, 3.63) is 77.4 Å².